The van der Waals surface area contributed by atoms with Gasteiger partial charge in [-0.3, -0.25) is 4.98 Å². The lowest BCUT2D eigenvalue weighted by molar-refractivity contribution is 0.480. The zero-order chi connectivity index (χ0) is 12.8. The normalized spacial score (nSPS) is 10.1. The number of hydrogen-bond donors (Lipinski definition) is 1. The molecule has 3 nitrogen and oxygen atoms in total. The van der Waals surface area contributed by atoms with Crippen molar-refractivity contribution in [3.63, 3.8) is 0 Å². The highest BCUT2D eigenvalue weighted by atomic mass is 16.5. The van der Waals surface area contributed by atoms with E-state index < -0.39 is 0 Å². The Morgan fingerprint density at radius 1 is 1.11 bits per heavy atom. The van der Waals surface area contributed by atoms with E-state index in [0.717, 1.165) is 30.2 Å². The van der Waals surface area contributed by atoms with E-state index in [4.69, 9.17) is 4.74 Å². The molecule has 0 saturated carbocycles. The van der Waals surface area contributed by atoms with Crippen LogP contribution in [0.1, 0.15) is 18.9 Å². The largest absolute Gasteiger partial charge is 0.456 e. The van der Waals surface area contributed by atoms with Gasteiger partial charge in [-0.15, -0.1) is 0 Å². The second kappa shape index (κ2) is 6.05. The maximum absolute atomic E-state index is 5.75. The van der Waals surface area contributed by atoms with Gasteiger partial charge in [-0.25, -0.2) is 0 Å². The monoisotopic (exact) mass is 242 g/mol. The average molecular weight is 242 g/mol. The maximum Gasteiger partial charge on any atom is 0.147 e. The van der Waals surface area contributed by atoms with E-state index in [2.05, 4.69) is 24.1 Å². The van der Waals surface area contributed by atoms with E-state index in [1.807, 2.05) is 30.3 Å². The SMILES string of the molecule is CCCNc1cncc(Oc2ccc(C)cc2)c1. The lowest BCUT2D eigenvalue weighted by atomic mass is 10.2. The van der Waals surface area contributed by atoms with Gasteiger partial charge in [0.1, 0.15) is 11.5 Å². The summed E-state index contributed by atoms with van der Waals surface area (Å²) in [5.41, 5.74) is 2.21. The minimum atomic E-state index is 0.750. The summed E-state index contributed by atoms with van der Waals surface area (Å²) in [6.07, 6.45) is 4.61. The highest BCUT2D eigenvalue weighted by molar-refractivity contribution is 5.46. The second-order valence-corrected chi connectivity index (χ2v) is 4.25. The van der Waals surface area contributed by atoms with Crippen molar-refractivity contribution in [3.8, 4) is 11.5 Å². The van der Waals surface area contributed by atoms with Crippen LogP contribution in [0.3, 0.4) is 0 Å². The number of benzene rings is 1. The number of hydrogen-bond acceptors (Lipinski definition) is 3. The third-order valence-corrected chi connectivity index (χ3v) is 2.55. The molecule has 0 aliphatic rings. The number of anilines is 1. The fourth-order valence-corrected chi connectivity index (χ4v) is 1.58. The number of aromatic nitrogens is 1. The highest BCUT2D eigenvalue weighted by Gasteiger charge is 1.99. The van der Waals surface area contributed by atoms with Crippen molar-refractivity contribution in [2.45, 2.75) is 20.3 Å². The molecule has 1 aromatic carbocycles. The van der Waals surface area contributed by atoms with Crippen molar-refractivity contribution in [1.82, 2.24) is 4.98 Å². The van der Waals surface area contributed by atoms with E-state index in [0.29, 0.717) is 0 Å². The minimum Gasteiger partial charge on any atom is -0.456 e. The van der Waals surface area contributed by atoms with Gasteiger partial charge in [-0.05, 0) is 25.5 Å². The summed E-state index contributed by atoms with van der Waals surface area (Å²) >= 11 is 0. The quantitative estimate of drug-likeness (QED) is 0.860. The highest BCUT2D eigenvalue weighted by Crippen LogP contribution is 2.23. The predicted octanol–water partition coefficient (Wildman–Crippen LogP) is 4.00. The average Bonchev–Trinajstić information content (AvgIpc) is 2.40. The van der Waals surface area contributed by atoms with Crippen LogP contribution >= 0.6 is 0 Å². The van der Waals surface area contributed by atoms with Crippen molar-refractivity contribution >= 4 is 5.69 Å². The van der Waals surface area contributed by atoms with Crippen molar-refractivity contribution in [3.05, 3.63) is 48.3 Å². The lowest BCUT2D eigenvalue weighted by Crippen LogP contribution is -2.00. The van der Waals surface area contributed by atoms with Crippen LogP contribution in [0.4, 0.5) is 5.69 Å². The van der Waals surface area contributed by atoms with Crippen molar-refractivity contribution in [2.24, 2.45) is 0 Å². The standard InChI is InChI=1S/C15H18N2O/c1-3-8-17-13-9-15(11-16-10-13)18-14-6-4-12(2)5-7-14/h4-7,9-11,17H,3,8H2,1-2H3. The Bertz CT molecular complexity index is 494. The van der Waals surface area contributed by atoms with E-state index in [9.17, 15) is 0 Å². The van der Waals surface area contributed by atoms with Crippen LogP contribution in [-0.4, -0.2) is 11.5 Å². The summed E-state index contributed by atoms with van der Waals surface area (Å²) < 4.78 is 5.75. The van der Waals surface area contributed by atoms with Crippen LogP contribution in [0.2, 0.25) is 0 Å². The van der Waals surface area contributed by atoms with E-state index in [1.165, 1.54) is 5.56 Å². The molecule has 1 aromatic heterocycles. The third kappa shape index (κ3) is 3.48. The van der Waals surface area contributed by atoms with Crippen LogP contribution < -0.4 is 10.1 Å². The Labute approximate surface area is 108 Å². The summed E-state index contributed by atoms with van der Waals surface area (Å²) in [5.74, 6) is 1.58. The molecule has 1 heterocycles. The first-order valence-corrected chi connectivity index (χ1v) is 6.21. The van der Waals surface area contributed by atoms with E-state index >= 15 is 0 Å². The Hall–Kier alpha value is -2.03. The lowest BCUT2D eigenvalue weighted by Gasteiger charge is -2.08. The third-order valence-electron chi connectivity index (χ3n) is 2.55. The first-order valence-electron chi connectivity index (χ1n) is 6.21. The fraction of sp³-hybridized carbons (Fsp3) is 0.267. The summed E-state index contributed by atoms with van der Waals surface area (Å²) in [4.78, 5) is 4.16. The van der Waals surface area contributed by atoms with Gasteiger partial charge in [0.25, 0.3) is 0 Å². The minimum absolute atomic E-state index is 0.750. The van der Waals surface area contributed by atoms with E-state index in [-0.39, 0.29) is 0 Å². The molecule has 0 fully saturated rings. The smallest absolute Gasteiger partial charge is 0.147 e. The number of ether oxygens (including phenoxy) is 1. The second-order valence-electron chi connectivity index (χ2n) is 4.25. The molecule has 0 aliphatic heterocycles. The molecule has 18 heavy (non-hydrogen) atoms. The number of nitrogens with zero attached hydrogens (tertiary/aromatic N) is 1. The first-order chi connectivity index (χ1) is 8.78. The number of nitrogens with one attached hydrogen (secondary N) is 1. The molecule has 0 aliphatic carbocycles. The van der Waals surface area contributed by atoms with Crippen LogP contribution in [0.15, 0.2) is 42.7 Å². The number of pyridine rings is 1. The molecule has 0 atom stereocenters. The summed E-state index contributed by atoms with van der Waals surface area (Å²) in [5, 5.41) is 3.29. The zero-order valence-electron chi connectivity index (χ0n) is 10.8. The van der Waals surface area contributed by atoms with Gasteiger partial charge in [-0.2, -0.15) is 0 Å². The molecular weight excluding hydrogens is 224 g/mol. The van der Waals surface area contributed by atoms with Gasteiger partial charge in [0, 0.05) is 12.6 Å². The van der Waals surface area contributed by atoms with Gasteiger partial charge in [0.05, 0.1) is 18.1 Å². The molecule has 0 spiro atoms. The molecule has 2 aromatic rings. The topological polar surface area (TPSA) is 34.2 Å². The van der Waals surface area contributed by atoms with Crippen LogP contribution in [0, 0.1) is 6.92 Å². The molecule has 0 saturated heterocycles. The predicted molar refractivity (Wildman–Crippen MR) is 74.3 cm³/mol. The molecular formula is C15H18N2O. The van der Waals surface area contributed by atoms with Gasteiger partial charge < -0.3 is 10.1 Å². The molecule has 0 radical (unpaired) electrons. The Kier molecular flexibility index (Phi) is 4.18. The summed E-state index contributed by atoms with van der Waals surface area (Å²) in [6, 6.07) is 9.94. The van der Waals surface area contributed by atoms with Gasteiger partial charge in [0.15, 0.2) is 0 Å². The van der Waals surface area contributed by atoms with Crippen molar-refractivity contribution < 1.29 is 4.74 Å². The van der Waals surface area contributed by atoms with Crippen LogP contribution in [0.25, 0.3) is 0 Å². The molecule has 0 bridgehead atoms. The van der Waals surface area contributed by atoms with E-state index in [1.54, 1.807) is 12.4 Å². The molecule has 1 N–H and O–H groups in total. The first kappa shape index (κ1) is 12.4. The van der Waals surface area contributed by atoms with Crippen molar-refractivity contribution in [2.75, 3.05) is 11.9 Å². The molecule has 0 unspecified atom stereocenters. The summed E-state index contributed by atoms with van der Waals surface area (Å²) in [7, 11) is 0. The van der Waals surface area contributed by atoms with Crippen LogP contribution in [-0.2, 0) is 0 Å². The van der Waals surface area contributed by atoms with Gasteiger partial charge >= 0.3 is 0 Å². The Balaban J connectivity index is 2.06. The van der Waals surface area contributed by atoms with Crippen LogP contribution in [0.5, 0.6) is 11.5 Å². The van der Waals surface area contributed by atoms with Gasteiger partial charge in [-0.1, -0.05) is 24.6 Å². The number of aryl methyl sites for hydroxylation is 1. The Morgan fingerprint density at radius 3 is 2.61 bits per heavy atom. The molecule has 94 valence electrons. The Morgan fingerprint density at radius 2 is 1.89 bits per heavy atom. The maximum atomic E-state index is 5.75. The zero-order valence-corrected chi connectivity index (χ0v) is 10.8. The molecule has 0 amide bonds. The molecule has 2 rings (SSSR count). The van der Waals surface area contributed by atoms with Gasteiger partial charge in [0.2, 0.25) is 0 Å². The number of rotatable bonds is 5. The fourth-order valence-electron chi connectivity index (χ4n) is 1.58. The molecule has 3 heteroatoms. The summed E-state index contributed by atoms with van der Waals surface area (Å²) in [6.45, 7) is 5.13. The van der Waals surface area contributed by atoms with Crippen molar-refractivity contribution in [1.29, 1.82) is 0 Å².